The predicted octanol–water partition coefficient (Wildman–Crippen LogP) is 2.74. The molecule has 0 spiro atoms. The number of aryl methyl sites for hydroxylation is 1. The number of benzene rings is 2. The van der Waals surface area contributed by atoms with Crippen LogP contribution in [0.25, 0.3) is 10.8 Å². The Morgan fingerprint density at radius 2 is 1.93 bits per heavy atom. The molecule has 0 aromatic heterocycles. The van der Waals surface area contributed by atoms with E-state index < -0.39 is 0 Å². The second kappa shape index (κ2) is 3.22. The third kappa shape index (κ3) is 1.29. The standard InChI is InChI=1S/C12H13NO/c1-8-3-5-10-9(7-8)4-6-11(14-2)12(10)13/h3-7H,13H2,1-2H3. The topological polar surface area (TPSA) is 35.2 Å². The fraction of sp³-hybridized carbons (Fsp3) is 0.167. The lowest BCUT2D eigenvalue weighted by Gasteiger charge is -2.08. The van der Waals surface area contributed by atoms with Gasteiger partial charge in [0.15, 0.2) is 0 Å². The zero-order chi connectivity index (χ0) is 10.1. The van der Waals surface area contributed by atoms with E-state index in [4.69, 9.17) is 10.5 Å². The molecule has 0 amide bonds. The number of nitrogen functional groups attached to an aromatic ring is 1. The summed E-state index contributed by atoms with van der Waals surface area (Å²) in [6.45, 7) is 2.07. The van der Waals surface area contributed by atoms with Gasteiger partial charge in [-0.25, -0.2) is 0 Å². The number of fused-ring (bicyclic) bond motifs is 1. The fourth-order valence-electron chi connectivity index (χ4n) is 1.63. The Morgan fingerprint density at radius 1 is 1.14 bits per heavy atom. The van der Waals surface area contributed by atoms with Gasteiger partial charge in [0.1, 0.15) is 5.75 Å². The number of hydrogen-bond donors (Lipinski definition) is 1. The average molecular weight is 187 g/mol. The molecule has 0 saturated carbocycles. The number of nitrogens with two attached hydrogens (primary N) is 1. The molecule has 0 saturated heterocycles. The zero-order valence-corrected chi connectivity index (χ0v) is 8.37. The lowest BCUT2D eigenvalue weighted by molar-refractivity contribution is 0.417. The molecule has 2 N–H and O–H groups in total. The molecular formula is C12H13NO. The number of hydrogen-bond acceptors (Lipinski definition) is 2. The smallest absolute Gasteiger partial charge is 0.142 e. The average Bonchev–Trinajstić information content (AvgIpc) is 2.18. The van der Waals surface area contributed by atoms with Gasteiger partial charge in [0.2, 0.25) is 0 Å². The van der Waals surface area contributed by atoms with Crippen molar-refractivity contribution in [1.29, 1.82) is 0 Å². The highest BCUT2D eigenvalue weighted by Crippen LogP contribution is 2.30. The maximum absolute atomic E-state index is 5.95. The Kier molecular flexibility index (Phi) is 2.04. The molecule has 72 valence electrons. The minimum Gasteiger partial charge on any atom is -0.495 e. The zero-order valence-electron chi connectivity index (χ0n) is 8.37. The molecule has 0 heterocycles. The van der Waals surface area contributed by atoms with Gasteiger partial charge in [-0.2, -0.15) is 0 Å². The van der Waals surface area contributed by atoms with Crippen molar-refractivity contribution in [1.82, 2.24) is 0 Å². The number of rotatable bonds is 1. The maximum Gasteiger partial charge on any atom is 0.142 e. The van der Waals surface area contributed by atoms with Crippen LogP contribution >= 0.6 is 0 Å². The van der Waals surface area contributed by atoms with Crippen molar-refractivity contribution >= 4 is 16.5 Å². The summed E-state index contributed by atoms with van der Waals surface area (Å²) in [4.78, 5) is 0. The quantitative estimate of drug-likeness (QED) is 0.697. The fourth-order valence-corrected chi connectivity index (χ4v) is 1.63. The summed E-state index contributed by atoms with van der Waals surface area (Å²) in [5.74, 6) is 0.737. The van der Waals surface area contributed by atoms with Crippen molar-refractivity contribution < 1.29 is 4.74 Å². The van der Waals surface area contributed by atoms with Crippen LogP contribution in [0.2, 0.25) is 0 Å². The molecule has 0 unspecified atom stereocenters. The predicted molar refractivity (Wildman–Crippen MR) is 59.6 cm³/mol. The lowest BCUT2D eigenvalue weighted by atomic mass is 10.1. The van der Waals surface area contributed by atoms with Crippen LogP contribution in [0.15, 0.2) is 30.3 Å². The third-order valence-corrected chi connectivity index (χ3v) is 2.40. The molecule has 0 fully saturated rings. The summed E-state index contributed by atoms with van der Waals surface area (Å²) in [5.41, 5.74) is 7.91. The normalized spacial score (nSPS) is 10.4. The second-order valence-electron chi connectivity index (χ2n) is 3.41. The van der Waals surface area contributed by atoms with Crippen molar-refractivity contribution in [3.05, 3.63) is 35.9 Å². The highest BCUT2D eigenvalue weighted by molar-refractivity contribution is 5.96. The summed E-state index contributed by atoms with van der Waals surface area (Å²) in [6, 6.07) is 10.1. The van der Waals surface area contributed by atoms with E-state index >= 15 is 0 Å². The highest BCUT2D eigenvalue weighted by Gasteiger charge is 2.03. The summed E-state index contributed by atoms with van der Waals surface area (Å²) in [6.07, 6.45) is 0. The number of anilines is 1. The van der Waals surface area contributed by atoms with Crippen LogP contribution in [0.4, 0.5) is 5.69 Å². The highest BCUT2D eigenvalue weighted by atomic mass is 16.5. The van der Waals surface area contributed by atoms with Crippen LogP contribution in [0.1, 0.15) is 5.56 Å². The van der Waals surface area contributed by atoms with Crippen LogP contribution in [-0.4, -0.2) is 7.11 Å². The Balaban J connectivity index is 2.77. The van der Waals surface area contributed by atoms with E-state index in [1.54, 1.807) is 7.11 Å². The Hall–Kier alpha value is -1.70. The Labute approximate surface area is 83.3 Å². The molecular weight excluding hydrogens is 174 g/mol. The van der Waals surface area contributed by atoms with Gasteiger partial charge in [0.25, 0.3) is 0 Å². The maximum atomic E-state index is 5.95. The molecule has 2 heteroatoms. The van der Waals surface area contributed by atoms with Crippen molar-refractivity contribution in [2.45, 2.75) is 6.92 Å². The summed E-state index contributed by atoms with van der Waals surface area (Å²) in [7, 11) is 1.63. The molecule has 0 bridgehead atoms. The van der Waals surface area contributed by atoms with Gasteiger partial charge in [-0.1, -0.05) is 29.8 Å². The minimum absolute atomic E-state index is 0.713. The molecule has 2 nitrogen and oxygen atoms in total. The minimum atomic E-state index is 0.713. The first-order valence-corrected chi connectivity index (χ1v) is 4.55. The summed E-state index contributed by atoms with van der Waals surface area (Å²) in [5, 5.41) is 2.21. The van der Waals surface area contributed by atoms with Crippen molar-refractivity contribution in [2.75, 3.05) is 12.8 Å². The molecule has 0 atom stereocenters. The molecule has 0 aliphatic rings. The van der Waals surface area contributed by atoms with Gasteiger partial charge in [-0.15, -0.1) is 0 Å². The van der Waals surface area contributed by atoms with E-state index in [0.717, 1.165) is 16.5 Å². The van der Waals surface area contributed by atoms with Gasteiger partial charge in [0.05, 0.1) is 12.8 Å². The van der Waals surface area contributed by atoms with Gasteiger partial charge in [0, 0.05) is 5.39 Å². The molecule has 2 aromatic carbocycles. The molecule has 0 aliphatic carbocycles. The van der Waals surface area contributed by atoms with E-state index in [9.17, 15) is 0 Å². The summed E-state index contributed by atoms with van der Waals surface area (Å²) >= 11 is 0. The molecule has 2 aromatic rings. The van der Waals surface area contributed by atoms with Crippen LogP contribution in [-0.2, 0) is 0 Å². The van der Waals surface area contributed by atoms with E-state index in [-0.39, 0.29) is 0 Å². The van der Waals surface area contributed by atoms with E-state index in [2.05, 4.69) is 19.1 Å². The van der Waals surface area contributed by atoms with Gasteiger partial charge < -0.3 is 10.5 Å². The summed E-state index contributed by atoms with van der Waals surface area (Å²) < 4.78 is 5.16. The van der Waals surface area contributed by atoms with E-state index in [1.165, 1.54) is 5.56 Å². The second-order valence-corrected chi connectivity index (χ2v) is 3.41. The Bertz CT molecular complexity index is 477. The lowest BCUT2D eigenvalue weighted by Crippen LogP contribution is -1.93. The van der Waals surface area contributed by atoms with E-state index in [0.29, 0.717) is 5.69 Å². The first-order valence-electron chi connectivity index (χ1n) is 4.55. The molecule has 14 heavy (non-hydrogen) atoms. The van der Waals surface area contributed by atoms with Crippen LogP contribution < -0.4 is 10.5 Å². The first kappa shape index (κ1) is 8.88. The van der Waals surface area contributed by atoms with Crippen molar-refractivity contribution in [3.8, 4) is 5.75 Å². The van der Waals surface area contributed by atoms with Gasteiger partial charge >= 0.3 is 0 Å². The first-order chi connectivity index (χ1) is 6.72. The number of ether oxygens (including phenoxy) is 1. The largest absolute Gasteiger partial charge is 0.495 e. The van der Waals surface area contributed by atoms with Crippen LogP contribution in [0.5, 0.6) is 5.75 Å². The number of methoxy groups -OCH3 is 1. The van der Waals surface area contributed by atoms with Crippen molar-refractivity contribution in [2.24, 2.45) is 0 Å². The van der Waals surface area contributed by atoms with Crippen molar-refractivity contribution in [3.63, 3.8) is 0 Å². The Morgan fingerprint density at radius 3 is 2.64 bits per heavy atom. The SMILES string of the molecule is COc1ccc2cc(C)ccc2c1N. The van der Waals surface area contributed by atoms with E-state index in [1.807, 2.05) is 18.2 Å². The third-order valence-electron chi connectivity index (χ3n) is 2.40. The monoisotopic (exact) mass is 187 g/mol. The molecule has 0 radical (unpaired) electrons. The van der Waals surface area contributed by atoms with Crippen LogP contribution in [0, 0.1) is 6.92 Å². The molecule has 2 rings (SSSR count). The van der Waals surface area contributed by atoms with Crippen LogP contribution in [0.3, 0.4) is 0 Å². The molecule has 0 aliphatic heterocycles. The van der Waals surface area contributed by atoms with Gasteiger partial charge in [-0.3, -0.25) is 0 Å². The van der Waals surface area contributed by atoms with Gasteiger partial charge in [-0.05, 0) is 18.4 Å².